The predicted octanol–water partition coefficient (Wildman–Crippen LogP) is 2.61. The largest absolute Gasteiger partial charge is 0.347 e. The Labute approximate surface area is 128 Å². The molecule has 2 aliphatic rings. The molecule has 2 saturated heterocycles. The lowest BCUT2D eigenvalue weighted by molar-refractivity contribution is -0.189. The first kappa shape index (κ1) is 16.6. The molecule has 0 aromatic heterocycles. The Morgan fingerprint density at radius 2 is 2.00 bits per heavy atom. The smallest absolute Gasteiger partial charge is 0.317 e. The number of carbonyl (C=O) groups is 1. The molecular weight excluding hydrogens is 268 g/mol. The lowest BCUT2D eigenvalue weighted by Crippen LogP contribution is -2.52. The topological polar surface area (TPSA) is 50.8 Å². The number of nitrogens with zero attached hydrogens (tertiary/aromatic N) is 1. The Hall–Kier alpha value is -0.810. The molecule has 5 nitrogen and oxygen atoms in total. The van der Waals surface area contributed by atoms with Crippen molar-refractivity contribution in [1.29, 1.82) is 0 Å². The maximum absolute atomic E-state index is 12.4. The fourth-order valence-corrected chi connectivity index (χ4v) is 3.42. The molecule has 2 atom stereocenters. The molecule has 122 valence electrons. The van der Waals surface area contributed by atoms with Crippen LogP contribution >= 0.6 is 0 Å². The Morgan fingerprint density at radius 3 is 2.62 bits per heavy atom. The number of rotatable bonds is 4. The molecule has 0 spiro atoms. The SMILES string of the molecule is CC(C)C[C@H](C)NC(=O)N1CCC[C@H](C2(C)OCCO2)C1. The molecule has 5 heteroatoms. The highest BCUT2D eigenvalue weighted by molar-refractivity contribution is 5.74. The average molecular weight is 298 g/mol. The van der Waals surface area contributed by atoms with Gasteiger partial charge in [-0.2, -0.15) is 0 Å². The van der Waals surface area contributed by atoms with Crippen LogP contribution in [0, 0.1) is 11.8 Å². The van der Waals surface area contributed by atoms with Crippen LogP contribution in [0.4, 0.5) is 4.79 Å². The second-order valence-electron chi connectivity index (χ2n) is 6.98. The van der Waals surface area contributed by atoms with Gasteiger partial charge in [0, 0.05) is 25.0 Å². The van der Waals surface area contributed by atoms with Crippen molar-refractivity contribution >= 4 is 6.03 Å². The number of amides is 2. The van der Waals surface area contributed by atoms with Gasteiger partial charge in [-0.05, 0) is 39.0 Å². The second-order valence-corrected chi connectivity index (χ2v) is 6.98. The van der Waals surface area contributed by atoms with E-state index in [1.165, 1.54) is 0 Å². The third kappa shape index (κ3) is 4.33. The third-order valence-corrected chi connectivity index (χ3v) is 4.51. The van der Waals surface area contributed by atoms with Gasteiger partial charge >= 0.3 is 6.03 Å². The zero-order valence-electron chi connectivity index (χ0n) is 13.9. The first-order valence-electron chi connectivity index (χ1n) is 8.24. The summed E-state index contributed by atoms with van der Waals surface area (Å²) in [5, 5.41) is 3.11. The number of urea groups is 1. The quantitative estimate of drug-likeness (QED) is 0.868. The molecule has 2 fully saturated rings. The molecule has 2 amide bonds. The van der Waals surface area contributed by atoms with E-state index in [0.29, 0.717) is 19.1 Å². The van der Waals surface area contributed by atoms with Gasteiger partial charge in [0.25, 0.3) is 0 Å². The molecule has 0 radical (unpaired) electrons. The lowest BCUT2D eigenvalue weighted by atomic mass is 9.90. The van der Waals surface area contributed by atoms with Crippen LogP contribution in [0.15, 0.2) is 0 Å². The van der Waals surface area contributed by atoms with Gasteiger partial charge in [0.15, 0.2) is 5.79 Å². The molecule has 2 aliphatic heterocycles. The van der Waals surface area contributed by atoms with E-state index in [2.05, 4.69) is 26.1 Å². The fourth-order valence-electron chi connectivity index (χ4n) is 3.42. The standard InChI is InChI=1S/C16H30N2O3/c1-12(2)10-13(3)17-15(19)18-7-5-6-14(11-18)16(4)20-8-9-21-16/h12-14H,5-11H2,1-4H3,(H,17,19)/t13-,14-/m0/s1. The maximum Gasteiger partial charge on any atom is 0.317 e. The molecule has 2 rings (SSSR count). The van der Waals surface area contributed by atoms with Gasteiger partial charge in [0.2, 0.25) is 0 Å². The van der Waals surface area contributed by atoms with E-state index >= 15 is 0 Å². The number of likely N-dealkylation sites (tertiary alicyclic amines) is 1. The highest BCUT2D eigenvalue weighted by atomic mass is 16.7. The van der Waals surface area contributed by atoms with Crippen molar-refractivity contribution in [1.82, 2.24) is 10.2 Å². The molecule has 21 heavy (non-hydrogen) atoms. The Morgan fingerprint density at radius 1 is 1.33 bits per heavy atom. The predicted molar refractivity (Wildman–Crippen MR) is 82.1 cm³/mol. The molecule has 0 bridgehead atoms. The maximum atomic E-state index is 12.4. The van der Waals surface area contributed by atoms with Crippen LogP contribution in [0.25, 0.3) is 0 Å². The van der Waals surface area contributed by atoms with Crippen molar-refractivity contribution in [2.24, 2.45) is 11.8 Å². The van der Waals surface area contributed by atoms with Crippen LogP contribution in [0.1, 0.15) is 47.0 Å². The van der Waals surface area contributed by atoms with Crippen molar-refractivity contribution in [3.63, 3.8) is 0 Å². The third-order valence-electron chi connectivity index (χ3n) is 4.51. The Bertz CT molecular complexity index is 353. The first-order chi connectivity index (χ1) is 9.90. The van der Waals surface area contributed by atoms with Crippen molar-refractivity contribution in [2.45, 2.75) is 58.8 Å². The lowest BCUT2D eigenvalue weighted by Gasteiger charge is -2.40. The summed E-state index contributed by atoms with van der Waals surface area (Å²) in [7, 11) is 0. The minimum atomic E-state index is -0.511. The number of hydrogen-bond acceptors (Lipinski definition) is 3. The summed E-state index contributed by atoms with van der Waals surface area (Å²) in [5.41, 5.74) is 0. The summed E-state index contributed by atoms with van der Waals surface area (Å²) >= 11 is 0. The van der Waals surface area contributed by atoms with E-state index < -0.39 is 5.79 Å². The number of piperidine rings is 1. The summed E-state index contributed by atoms with van der Waals surface area (Å²) in [6.07, 6.45) is 3.08. The first-order valence-corrected chi connectivity index (χ1v) is 8.24. The number of ether oxygens (including phenoxy) is 2. The van der Waals surface area contributed by atoms with Crippen LogP contribution in [0.5, 0.6) is 0 Å². The van der Waals surface area contributed by atoms with Gasteiger partial charge in [0.1, 0.15) is 0 Å². The zero-order valence-corrected chi connectivity index (χ0v) is 13.9. The molecule has 0 unspecified atom stereocenters. The molecule has 2 heterocycles. The fraction of sp³-hybridized carbons (Fsp3) is 0.938. The van der Waals surface area contributed by atoms with Crippen molar-refractivity contribution in [3.05, 3.63) is 0 Å². The van der Waals surface area contributed by atoms with E-state index in [-0.39, 0.29) is 18.0 Å². The molecule has 0 aromatic carbocycles. The number of carbonyl (C=O) groups excluding carboxylic acids is 1. The van der Waals surface area contributed by atoms with Crippen LogP contribution in [0.2, 0.25) is 0 Å². The van der Waals surface area contributed by atoms with Gasteiger partial charge in [-0.3, -0.25) is 0 Å². The molecule has 1 N–H and O–H groups in total. The average Bonchev–Trinajstić information content (AvgIpc) is 2.86. The van der Waals surface area contributed by atoms with E-state index in [1.54, 1.807) is 0 Å². The van der Waals surface area contributed by atoms with E-state index in [1.807, 2.05) is 11.8 Å². The molecular formula is C16H30N2O3. The normalized spacial score (nSPS) is 26.9. The highest BCUT2D eigenvalue weighted by Crippen LogP contribution is 2.34. The Kier molecular flexibility index (Phi) is 5.49. The van der Waals surface area contributed by atoms with Crippen LogP contribution in [0.3, 0.4) is 0 Å². The molecule has 0 aromatic rings. The van der Waals surface area contributed by atoms with Crippen molar-refractivity contribution in [2.75, 3.05) is 26.3 Å². The van der Waals surface area contributed by atoms with Gasteiger partial charge in [-0.15, -0.1) is 0 Å². The van der Waals surface area contributed by atoms with Gasteiger partial charge in [-0.1, -0.05) is 13.8 Å². The number of nitrogens with one attached hydrogen (secondary N) is 1. The van der Waals surface area contributed by atoms with Gasteiger partial charge in [0.05, 0.1) is 13.2 Å². The minimum Gasteiger partial charge on any atom is -0.347 e. The van der Waals surface area contributed by atoms with E-state index in [4.69, 9.17) is 9.47 Å². The minimum absolute atomic E-state index is 0.0504. The second kappa shape index (κ2) is 6.97. The van der Waals surface area contributed by atoms with Crippen LogP contribution in [-0.4, -0.2) is 49.1 Å². The summed E-state index contributed by atoms with van der Waals surface area (Å²) in [5.74, 6) is 0.344. The summed E-state index contributed by atoms with van der Waals surface area (Å²) < 4.78 is 11.5. The molecule has 0 saturated carbocycles. The van der Waals surface area contributed by atoms with Gasteiger partial charge < -0.3 is 19.7 Å². The van der Waals surface area contributed by atoms with Gasteiger partial charge in [-0.25, -0.2) is 4.79 Å². The van der Waals surface area contributed by atoms with Crippen LogP contribution in [-0.2, 0) is 9.47 Å². The number of hydrogen-bond donors (Lipinski definition) is 1. The Balaban J connectivity index is 1.87. The highest BCUT2D eigenvalue weighted by Gasteiger charge is 2.42. The summed E-state index contributed by atoms with van der Waals surface area (Å²) in [4.78, 5) is 14.3. The van der Waals surface area contributed by atoms with Crippen LogP contribution < -0.4 is 5.32 Å². The van der Waals surface area contributed by atoms with Crippen molar-refractivity contribution < 1.29 is 14.3 Å². The summed E-state index contributed by atoms with van der Waals surface area (Å²) in [6.45, 7) is 11.3. The van der Waals surface area contributed by atoms with Crippen molar-refractivity contribution in [3.8, 4) is 0 Å². The van der Waals surface area contributed by atoms with E-state index in [0.717, 1.165) is 32.4 Å². The zero-order chi connectivity index (χ0) is 15.5. The molecule has 0 aliphatic carbocycles. The monoisotopic (exact) mass is 298 g/mol. The summed E-state index contributed by atoms with van der Waals surface area (Å²) in [6, 6.07) is 0.266. The van der Waals surface area contributed by atoms with E-state index in [9.17, 15) is 4.79 Å².